The number of aromatic nitrogens is 4. The van der Waals surface area contributed by atoms with Crippen molar-refractivity contribution in [1.82, 2.24) is 24.8 Å². The van der Waals surface area contributed by atoms with Gasteiger partial charge >= 0.3 is 0 Å². The number of nitrogens with two attached hydrogens (primary N) is 1. The number of nitrogen functional groups attached to an aromatic ring is 1. The van der Waals surface area contributed by atoms with E-state index >= 15 is 0 Å². The van der Waals surface area contributed by atoms with Gasteiger partial charge in [0, 0.05) is 55.0 Å². The molecule has 1 aromatic carbocycles. The van der Waals surface area contributed by atoms with Crippen molar-refractivity contribution in [2.75, 3.05) is 18.1 Å². The fraction of sp³-hybridized carbons (Fsp3) is 0.429. The molecule has 3 aromatic rings. The lowest BCUT2D eigenvalue weighted by Gasteiger charge is -2.29. The van der Waals surface area contributed by atoms with Crippen molar-refractivity contribution < 1.29 is 4.74 Å². The zero-order valence-electron chi connectivity index (χ0n) is 16.5. The molecule has 3 heterocycles. The van der Waals surface area contributed by atoms with Crippen LogP contribution in [0.4, 0.5) is 11.6 Å². The maximum Gasteiger partial charge on any atom is 0.223 e. The van der Waals surface area contributed by atoms with Crippen LogP contribution in [0.5, 0.6) is 5.75 Å². The summed E-state index contributed by atoms with van der Waals surface area (Å²) in [4.78, 5) is 20.2. The summed E-state index contributed by atoms with van der Waals surface area (Å²) >= 11 is 0. The minimum absolute atomic E-state index is 0.148. The van der Waals surface area contributed by atoms with E-state index in [0.717, 1.165) is 67.2 Å². The summed E-state index contributed by atoms with van der Waals surface area (Å²) in [7, 11) is 2.10. The van der Waals surface area contributed by atoms with Gasteiger partial charge in [-0.15, -0.1) is 0 Å². The lowest BCUT2D eigenvalue weighted by Crippen LogP contribution is -2.32. The maximum atomic E-state index is 6.27. The molecule has 0 spiro atoms. The van der Waals surface area contributed by atoms with E-state index in [9.17, 15) is 0 Å². The van der Waals surface area contributed by atoms with Crippen molar-refractivity contribution in [3.63, 3.8) is 0 Å². The molecule has 8 heteroatoms. The van der Waals surface area contributed by atoms with Gasteiger partial charge in [0.1, 0.15) is 11.3 Å². The van der Waals surface area contributed by atoms with E-state index in [1.54, 1.807) is 12.4 Å². The normalized spacial score (nSPS) is 21.8. The molecule has 1 aliphatic heterocycles. The number of hydrogen-bond acceptors (Lipinski definition) is 8. The largest absolute Gasteiger partial charge is 0.488 e. The van der Waals surface area contributed by atoms with Crippen molar-refractivity contribution in [1.29, 1.82) is 0 Å². The Kier molecular flexibility index (Phi) is 4.63. The molecule has 0 unspecified atom stereocenters. The Hall–Kier alpha value is -3.00. The first kappa shape index (κ1) is 18.1. The zero-order chi connectivity index (χ0) is 19.8. The van der Waals surface area contributed by atoms with Gasteiger partial charge in [-0.05, 0) is 38.8 Å². The highest BCUT2D eigenvalue weighted by Crippen LogP contribution is 2.31. The van der Waals surface area contributed by atoms with Crippen LogP contribution >= 0.6 is 0 Å². The summed E-state index contributed by atoms with van der Waals surface area (Å²) in [6.45, 7) is 1.82. The van der Waals surface area contributed by atoms with Gasteiger partial charge in [-0.2, -0.15) is 0 Å². The first-order valence-corrected chi connectivity index (χ1v) is 10.1. The Labute approximate surface area is 169 Å². The molecule has 0 amide bonds. The van der Waals surface area contributed by atoms with Crippen LogP contribution in [0, 0.1) is 0 Å². The number of ether oxygens (including phenoxy) is 1. The fourth-order valence-corrected chi connectivity index (χ4v) is 4.22. The first-order chi connectivity index (χ1) is 14.1. The van der Waals surface area contributed by atoms with Crippen LogP contribution in [0.2, 0.25) is 0 Å². The van der Waals surface area contributed by atoms with Crippen LogP contribution < -0.4 is 15.8 Å². The Morgan fingerprint density at radius 1 is 1.07 bits per heavy atom. The summed E-state index contributed by atoms with van der Waals surface area (Å²) < 4.78 is 6.27. The Morgan fingerprint density at radius 3 is 2.76 bits per heavy atom. The molecule has 0 atom stereocenters. The quantitative estimate of drug-likeness (QED) is 0.655. The molecule has 1 fully saturated rings. The van der Waals surface area contributed by atoms with Gasteiger partial charge in [0.25, 0.3) is 0 Å². The molecule has 1 saturated carbocycles. The number of rotatable bonds is 4. The molecule has 1 aliphatic carbocycles. The highest BCUT2D eigenvalue weighted by molar-refractivity contribution is 5.84. The van der Waals surface area contributed by atoms with Crippen molar-refractivity contribution in [2.45, 2.75) is 50.9 Å². The van der Waals surface area contributed by atoms with E-state index in [2.05, 4.69) is 32.2 Å². The maximum absolute atomic E-state index is 6.27. The fourth-order valence-electron chi connectivity index (χ4n) is 4.22. The number of benzene rings is 1. The predicted octanol–water partition coefficient (Wildman–Crippen LogP) is 2.75. The van der Waals surface area contributed by atoms with Gasteiger partial charge in [0.15, 0.2) is 0 Å². The molecule has 29 heavy (non-hydrogen) atoms. The Morgan fingerprint density at radius 2 is 1.90 bits per heavy atom. The monoisotopic (exact) mass is 391 g/mol. The van der Waals surface area contributed by atoms with Crippen molar-refractivity contribution >= 4 is 22.7 Å². The average Bonchev–Trinajstić information content (AvgIpc) is 3.08. The van der Waals surface area contributed by atoms with Gasteiger partial charge < -0.3 is 15.8 Å². The molecule has 3 N–H and O–H groups in total. The second-order valence-corrected chi connectivity index (χ2v) is 8.02. The molecule has 0 saturated heterocycles. The van der Waals surface area contributed by atoms with Crippen LogP contribution in [-0.4, -0.2) is 44.0 Å². The van der Waals surface area contributed by atoms with Gasteiger partial charge in [0.05, 0.1) is 17.3 Å². The van der Waals surface area contributed by atoms with E-state index in [1.807, 2.05) is 18.3 Å². The van der Waals surface area contributed by atoms with E-state index < -0.39 is 0 Å². The molecule has 150 valence electrons. The predicted molar refractivity (Wildman–Crippen MR) is 111 cm³/mol. The van der Waals surface area contributed by atoms with E-state index in [1.165, 1.54) is 5.56 Å². The number of nitrogens with one attached hydrogen (secondary N) is 1. The molecule has 0 bridgehead atoms. The summed E-state index contributed by atoms with van der Waals surface area (Å²) in [5.74, 6) is 1.45. The highest BCUT2D eigenvalue weighted by atomic mass is 16.5. The molecule has 0 radical (unpaired) electrons. The van der Waals surface area contributed by atoms with Gasteiger partial charge in [-0.1, -0.05) is 0 Å². The molecular weight excluding hydrogens is 366 g/mol. The van der Waals surface area contributed by atoms with Crippen LogP contribution in [0.1, 0.15) is 36.9 Å². The zero-order valence-corrected chi connectivity index (χ0v) is 16.5. The summed E-state index contributed by atoms with van der Waals surface area (Å²) in [5, 5.41) is 3.51. The summed E-state index contributed by atoms with van der Waals surface area (Å²) in [6, 6.07) is 4.03. The first-order valence-electron chi connectivity index (χ1n) is 10.1. The Bertz CT molecular complexity index is 1030. The molecular formula is C21H25N7O. The van der Waals surface area contributed by atoms with Crippen LogP contribution in [0.3, 0.4) is 0 Å². The number of nitrogens with zero attached hydrogens (tertiary/aromatic N) is 5. The topological polar surface area (TPSA) is 102 Å². The van der Waals surface area contributed by atoms with Crippen molar-refractivity contribution in [3.05, 3.63) is 42.0 Å². The van der Waals surface area contributed by atoms with Crippen LogP contribution in [0.25, 0.3) is 11.0 Å². The summed E-state index contributed by atoms with van der Waals surface area (Å²) in [6.07, 6.45) is 9.39. The second-order valence-electron chi connectivity index (χ2n) is 8.02. The highest BCUT2D eigenvalue weighted by Gasteiger charge is 2.25. The summed E-state index contributed by atoms with van der Waals surface area (Å²) in [5.41, 5.74) is 10.5. The van der Waals surface area contributed by atoms with Gasteiger partial charge in [0.2, 0.25) is 5.95 Å². The molecule has 5 rings (SSSR count). The minimum atomic E-state index is 0.148. The third-order valence-electron chi connectivity index (χ3n) is 5.68. The average molecular weight is 391 g/mol. The van der Waals surface area contributed by atoms with Gasteiger partial charge in [-0.3, -0.25) is 9.88 Å². The smallest absolute Gasteiger partial charge is 0.223 e. The van der Waals surface area contributed by atoms with Crippen molar-refractivity contribution in [2.24, 2.45) is 0 Å². The second kappa shape index (κ2) is 7.44. The lowest BCUT2D eigenvalue weighted by atomic mass is 9.93. The van der Waals surface area contributed by atoms with E-state index in [-0.39, 0.29) is 6.10 Å². The third-order valence-corrected chi connectivity index (χ3v) is 5.68. The lowest BCUT2D eigenvalue weighted by molar-refractivity contribution is 0.152. The number of fused-ring (bicyclic) bond motifs is 2. The number of anilines is 2. The van der Waals surface area contributed by atoms with Gasteiger partial charge in [-0.25, -0.2) is 15.0 Å². The molecule has 2 aromatic heterocycles. The molecule has 8 nitrogen and oxygen atoms in total. The SMILES string of the molecule is CN1Cc2cnc(NC3CCC(Oc4cc(N)cc5nccnc45)CC3)nc2C1. The minimum Gasteiger partial charge on any atom is -0.488 e. The number of hydrogen-bond donors (Lipinski definition) is 2. The standard InChI is InChI=1S/C21H25N7O/c1-28-11-13-10-25-21(27-18(13)12-28)26-15-2-4-16(5-3-15)29-19-9-14(22)8-17-20(19)24-7-6-23-17/h6-10,15-16H,2-5,11-12,22H2,1H3,(H,25,26,27). The van der Waals surface area contributed by atoms with E-state index in [4.69, 9.17) is 15.5 Å². The van der Waals surface area contributed by atoms with Crippen LogP contribution in [-0.2, 0) is 13.1 Å². The van der Waals surface area contributed by atoms with E-state index in [0.29, 0.717) is 11.7 Å². The van der Waals surface area contributed by atoms with Crippen LogP contribution in [0.15, 0.2) is 30.7 Å². The Balaban J connectivity index is 1.21. The molecule has 2 aliphatic rings. The van der Waals surface area contributed by atoms with Crippen molar-refractivity contribution in [3.8, 4) is 5.75 Å². The third kappa shape index (κ3) is 3.80.